The smallest absolute Gasteiger partial charge is 0.429 e. The van der Waals surface area contributed by atoms with Crippen LogP contribution in [0.15, 0.2) is 30.3 Å². The van der Waals surface area contributed by atoms with Crippen molar-refractivity contribution in [1.29, 1.82) is 0 Å². The number of nitrogens with one attached hydrogen (secondary N) is 1. The molecule has 0 radical (unpaired) electrons. The van der Waals surface area contributed by atoms with E-state index in [0.29, 0.717) is 5.01 Å². The fraction of sp³-hybridized carbons (Fsp3) is 0.450. The largest absolute Gasteiger partial charge is 0.449 e. The van der Waals surface area contributed by atoms with Crippen molar-refractivity contribution in [3.05, 3.63) is 35.9 Å². The molecule has 0 bridgehead atoms. The summed E-state index contributed by atoms with van der Waals surface area (Å²) in [5, 5.41) is 0.428. The second-order valence-electron chi connectivity index (χ2n) is 6.54. The lowest BCUT2D eigenvalue weighted by Gasteiger charge is -2.31. The highest BCUT2D eigenvalue weighted by molar-refractivity contribution is 6.10. The van der Waals surface area contributed by atoms with Gasteiger partial charge in [-0.1, -0.05) is 30.3 Å². The van der Waals surface area contributed by atoms with E-state index in [0.717, 1.165) is 17.4 Å². The zero-order chi connectivity index (χ0) is 23.0. The SMILES string of the molecule is CCOC(=O)NN(C(=O)OCC)[C@H](C(C)=O)C(=O)N1C(=O)OC[C@H]1Cc1ccccc1. The van der Waals surface area contributed by atoms with Crippen molar-refractivity contribution in [2.24, 2.45) is 0 Å². The average Bonchev–Trinajstić information content (AvgIpc) is 3.08. The Bertz CT molecular complexity index is 829. The van der Waals surface area contributed by atoms with Gasteiger partial charge in [-0.15, -0.1) is 0 Å². The van der Waals surface area contributed by atoms with Gasteiger partial charge in [0, 0.05) is 0 Å². The van der Waals surface area contributed by atoms with Crippen LogP contribution in [0.3, 0.4) is 0 Å². The van der Waals surface area contributed by atoms with Crippen molar-refractivity contribution in [2.45, 2.75) is 39.3 Å². The number of nitrogens with zero attached hydrogens (tertiary/aromatic N) is 2. The van der Waals surface area contributed by atoms with Crippen molar-refractivity contribution in [3.8, 4) is 0 Å². The molecular weight excluding hydrogens is 410 g/mol. The third kappa shape index (κ3) is 5.93. The zero-order valence-corrected chi connectivity index (χ0v) is 17.5. The number of cyclic esters (lactones) is 1. The number of hydrogen-bond donors (Lipinski definition) is 1. The number of carbonyl (C=O) groups is 5. The molecule has 0 aliphatic carbocycles. The predicted molar refractivity (Wildman–Crippen MR) is 106 cm³/mol. The molecule has 1 heterocycles. The van der Waals surface area contributed by atoms with E-state index in [1.807, 2.05) is 35.8 Å². The number of imide groups is 1. The van der Waals surface area contributed by atoms with Crippen LogP contribution in [0.4, 0.5) is 14.4 Å². The van der Waals surface area contributed by atoms with Gasteiger partial charge in [0.1, 0.15) is 6.61 Å². The molecule has 1 aliphatic rings. The normalized spacial score (nSPS) is 16.2. The Morgan fingerprint density at radius 1 is 1.16 bits per heavy atom. The molecular formula is C20H25N3O8. The Kier molecular flexibility index (Phi) is 8.35. The van der Waals surface area contributed by atoms with E-state index in [9.17, 15) is 24.0 Å². The number of ketones is 1. The molecule has 0 spiro atoms. The summed E-state index contributed by atoms with van der Waals surface area (Å²) in [6.45, 7) is 3.93. The molecule has 1 N–H and O–H groups in total. The number of carbonyl (C=O) groups excluding carboxylic acids is 5. The summed E-state index contributed by atoms with van der Waals surface area (Å²) < 4.78 is 14.6. The number of hydrazine groups is 1. The Labute approximate surface area is 179 Å². The molecule has 0 saturated carbocycles. The average molecular weight is 435 g/mol. The van der Waals surface area contributed by atoms with E-state index in [-0.39, 0.29) is 26.2 Å². The summed E-state index contributed by atoms with van der Waals surface area (Å²) >= 11 is 0. The van der Waals surface area contributed by atoms with E-state index < -0.39 is 42.1 Å². The van der Waals surface area contributed by atoms with E-state index in [1.54, 1.807) is 0 Å². The lowest BCUT2D eigenvalue weighted by molar-refractivity contribution is -0.141. The summed E-state index contributed by atoms with van der Waals surface area (Å²) in [6, 6.07) is 6.53. The van der Waals surface area contributed by atoms with Crippen molar-refractivity contribution in [1.82, 2.24) is 15.3 Å². The highest BCUT2D eigenvalue weighted by Crippen LogP contribution is 2.20. The molecule has 4 amide bonds. The maximum Gasteiger partial charge on any atom is 0.429 e. The van der Waals surface area contributed by atoms with E-state index in [4.69, 9.17) is 14.2 Å². The molecule has 31 heavy (non-hydrogen) atoms. The predicted octanol–water partition coefficient (Wildman–Crippen LogP) is 1.65. The molecule has 0 unspecified atom stereocenters. The molecule has 1 fully saturated rings. The van der Waals surface area contributed by atoms with Gasteiger partial charge < -0.3 is 14.2 Å². The first kappa shape index (κ1) is 23.6. The molecule has 0 aromatic heterocycles. The number of hydrogen-bond acceptors (Lipinski definition) is 8. The van der Waals surface area contributed by atoms with E-state index in [2.05, 4.69) is 0 Å². The zero-order valence-electron chi connectivity index (χ0n) is 17.5. The second kappa shape index (κ2) is 11.0. The highest BCUT2D eigenvalue weighted by Gasteiger charge is 2.46. The minimum atomic E-state index is -1.85. The molecule has 2 atom stereocenters. The molecule has 1 aliphatic heterocycles. The van der Waals surface area contributed by atoms with Gasteiger partial charge in [0.25, 0.3) is 5.91 Å². The number of Topliss-reactive ketones (excluding diaryl/α,β-unsaturated/α-hetero) is 1. The summed E-state index contributed by atoms with van der Waals surface area (Å²) in [4.78, 5) is 63.0. The number of amides is 4. The fourth-order valence-electron chi connectivity index (χ4n) is 3.04. The van der Waals surface area contributed by atoms with Gasteiger partial charge in [-0.2, -0.15) is 5.01 Å². The second-order valence-corrected chi connectivity index (χ2v) is 6.54. The van der Waals surface area contributed by atoms with Gasteiger partial charge in [-0.05, 0) is 32.8 Å². The third-order valence-corrected chi connectivity index (χ3v) is 4.34. The van der Waals surface area contributed by atoms with Crippen LogP contribution in [0.2, 0.25) is 0 Å². The van der Waals surface area contributed by atoms with Crippen LogP contribution in [0.25, 0.3) is 0 Å². The highest BCUT2D eigenvalue weighted by atomic mass is 16.6. The van der Waals surface area contributed by atoms with Crippen LogP contribution in [-0.2, 0) is 30.2 Å². The topological polar surface area (TPSA) is 132 Å². The van der Waals surface area contributed by atoms with Gasteiger partial charge in [0.15, 0.2) is 11.8 Å². The van der Waals surface area contributed by atoms with E-state index >= 15 is 0 Å². The first-order valence-corrected chi connectivity index (χ1v) is 9.73. The maximum atomic E-state index is 13.3. The molecule has 168 valence electrons. The van der Waals surface area contributed by atoms with Crippen molar-refractivity contribution < 1.29 is 38.2 Å². The Morgan fingerprint density at radius 2 is 1.81 bits per heavy atom. The molecule has 1 aromatic rings. The van der Waals surface area contributed by atoms with Crippen LogP contribution < -0.4 is 5.43 Å². The number of ether oxygens (including phenoxy) is 3. The number of benzene rings is 1. The van der Waals surface area contributed by atoms with Gasteiger partial charge in [-0.25, -0.2) is 24.7 Å². The van der Waals surface area contributed by atoms with Crippen LogP contribution in [0.1, 0.15) is 26.3 Å². The van der Waals surface area contributed by atoms with E-state index in [1.165, 1.54) is 13.8 Å². The molecule has 11 nitrogen and oxygen atoms in total. The molecule has 1 saturated heterocycles. The van der Waals surface area contributed by atoms with Crippen molar-refractivity contribution in [2.75, 3.05) is 19.8 Å². The lowest BCUT2D eigenvalue weighted by Crippen LogP contribution is -2.61. The van der Waals surface area contributed by atoms with Crippen LogP contribution in [0, 0.1) is 0 Å². The summed E-state index contributed by atoms with van der Waals surface area (Å²) in [6.07, 6.45) is -2.89. The van der Waals surface area contributed by atoms with Crippen molar-refractivity contribution >= 4 is 30.0 Å². The Balaban J connectivity index is 2.33. The first-order valence-electron chi connectivity index (χ1n) is 9.73. The molecule has 1 aromatic carbocycles. The van der Waals surface area contributed by atoms with Crippen molar-refractivity contribution in [3.63, 3.8) is 0 Å². The molecule has 11 heteroatoms. The minimum Gasteiger partial charge on any atom is -0.449 e. The monoisotopic (exact) mass is 435 g/mol. The quantitative estimate of drug-likeness (QED) is 0.389. The van der Waals surface area contributed by atoms with Gasteiger partial charge >= 0.3 is 18.3 Å². The fourth-order valence-corrected chi connectivity index (χ4v) is 3.04. The maximum absolute atomic E-state index is 13.3. The van der Waals surface area contributed by atoms with Crippen LogP contribution in [0.5, 0.6) is 0 Å². The van der Waals surface area contributed by atoms with Crippen LogP contribution in [-0.4, -0.2) is 71.8 Å². The van der Waals surface area contributed by atoms with Gasteiger partial charge in [-0.3, -0.25) is 9.59 Å². The van der Waals surface area contributed by atoms with Gasteiger partial charge in [0.05, 0.1) is 19.3 Å². The lowest BCUT2D eigenvalue weighted by atomic mass is 10.0. The summed E-state index contributed by atoms with van der Waals surface area (Å²) in [7, 11) is 0. The Morgan fingerprint density at radius 3 is 2.39 bits per heavy atom. The summed E-state index contributed by atoms with van der Waals surface area (Å²) in [5.74, 6) is -1.83. The number of rotatable bonds is 7. The minimum absolute atomic E-state index is 0.0151. The third-order valence-electron chi connectivity index (χ3n) is 4.34. The molecule has 2 rings (SSSR count). The van der Waals surface area contributed by atoms with Crippen LogP contribution >= 0.6 is 0 Å². The first-order chi connectivity index (χ1) is 14.8. The standard InChI is InChI=1S/C20H25N3O8/c1-4-29-18(26)21-23(20(28)30-5-2)16(13(3)24)17(25)22-15(12-31-19(22)27)11-14-9-7-6-8-10-14/h6-10,15-16H,4-5,11-12H2,1-3H3,(H,21,26)/t15-,16-/m1/s1. The summed E-state index contributed by atoms with van der Waals surface area (Å²) in [5.41, 5.74) is 2.89. The Hall–Kier alpha value is -3.63. The van der Waals surface area contributed by atoms with Gasteiger partial charge in [0.2, 0.25) is 0 Å².